The third-order valence-electron chi connectivity index (χ3n) is 8.25. The summed E-state index contributed by atoms with van der Waals surface area (Å²) in [7, 11) is -1.15. The van der Waals surface area contributed by atoms with E-state index in [9.17, 15) is 4.57 Å². The van der Waals surface area contributed by atoms with Crippen LogP contribution >= 0.6 is 14.9 Å². The smallest absolute Gasteiger partial charge is 0.340 e. The third kappa shape index (κ3) is 4.10. The van der Waals surface area contributed by atoms with Gasteiger partial charge in [0, 0.05) is 30.8 Å². The summed E-state index contributed by atoms with van der Waals surface area (Å²) in [5.74, 6) is 0. The first-order valence-electron chi connectivity index (χ1n) is 13.6. The van der Waals surface area contributed by atoms with Crippen molar-refractivity contribution in [2.75, 3.05) is 30.6 Å². The summed E-state index contributed by atoms with van der Waals surface area (Å²) < 4.78 is 29.9. The summed E-state index contributed by atoms with van der Waals surface area (Å²) in [6.07, 6.45) is 0. The second-order valence-electron chi connectivity index (χ2n) is 10.7. The Hall–Kier alpha value is -4.23. The first-order chi connectivity index (χ1) is 19.8. The highest BCUT2D eigenvalue weighted by Gasteiger charge is 2.37. The molecular weight excluding hydrogens is 542 g/mol. The Kier molecular flexibility index (Phi) is 6.08. The van der Waals surface area contributed by atoms with Crippen LogP contribution in [0.2, 0.25) is 0 Å². The maximum atomic E-state index is 15.2. The normalized spacial score (nSPS) is 17.7. The highest BCUT2D eigenvalue weighted by atomic mass is 31.2. The van der Waals surface area contributed by atoms with Crippen molar-refractivity contribution in [1.29, 1.82) is 0 Å². The largest absolute Gasteiger partial charge is 0.419 e. The maximum Gasteiger partial charge on any atom is 0.419 e. The molecule has 0 bridgehead atoms. The van der Waals surface area contributed by atoms with E-state index in [-0.39, 0.29) is 0 Å². The van der Waals surface area contributed by atoms with E-state index in [0.717, 1.165) is 65.5 Å². The van der Waals surface area contributed by atoms with Crippen LogP contribution < -0.4 is 31.0 Å². The Labute approximate surface area is 241 Å². The summed E-state index contributed by atoms with van der Waals surface area (Å²) in [5.41, 5.74) is 3.37. The zero-order valence-corrected chi connectivity index (χ0v) is 24.9. The van der Waals surface area contributed by atoms with Crippen LogP contribution in [-0.4, -0.2) is 20.8 Å². The zero-order chi connectivity index (χ0) is 28.3. The van der Waals surface area contributed by atoms with Gasteiger partial charge in [-0.1, -0.05) is 77.4 Å². The average Bonchev–Trinajstić information content (AvgIpc) is 3.02. The second-order valence-corrected chi connectivity index (χ2v) is 15.1. The molecule has 0 fully saturated rings. The summed E-state index contributed by atoms with van der Waals surface area (Å²) in [5, 5.41) is 7.25. The van der Waals surface area contributed by atoms with Crippen molar-refractivity contribution in [2.24, 2.45) is 0 Å². The van der Waals surface area contributed by atoms with Gasteiger partial charge in [0.2, 0.25) is 10.6 Å². The van der Waals surface area contributed by atoms with E-state index >= 15 is 4.57 Å². The van der Waals surface area contributed by atoms with E-state index in [1.54, 1.807) is 0 Å². The van der Waals surface area contributed by atoms with E-state index in [4.69, 9.17) is 0 Å². The average molecular weight is 572 g/mol. The molecule has 1 heterocycles. The number of hydrogen-bond donors (Lipinski definition) is 0. The molecular formula is C35H29N2O2P2+. The Morgan fingerprint density at radius 2 is 1.00 bits per heavy atom. The molecule has 0 saturated carbocycles. The highest BCUT2D eigenvalue weighted by Crippen LogP contribution is 2.48. The summed E-state index contributed by atoms with van der Waals surface area (Å²) in [4.78, 5) is 4.13. The van der Waals surface area contributed by atoms with Crippen LogP contribution in [0.3, 0.4) is 0 Å². The molecule has 0 radical (unpaired) electrons. The quantitative estimate of drug-likeness (QED) is 0.177. The van der Waals surface area contributed by atoms with Crippen molar-refractivity contribution in [2.45, 2.75) is 0 Å². The second kappa shape index (κ2) is 9.70. The van der Waals surface area contributed by atoms with Gasteiger partial charge < -0.3 is 14.4 Å². The first kappa shape index (κ1) is 25.7. The molecule has 0 aromatic heterocycles. The predicted octanol–water partition coefficient (Wildman–Crippen LogP) is 7.56. The van der Waals surface area contributed by atoms with E-state index in [1.807, 2.05) is 93.6 Å². The van der Waals surface area contributed by atoms with Crippen molar-refractivity contribution >= 4 is 80.5 Å². The van der Waals surface area contributed by atoms with Gasteiger partial charge in [-0.3, -0.25) is 0 Å². The molecule has 0 N–H and O–H groups in total. The fourth-order valence-corrected chi connectivity index (χ4v) is 9.94. The van der Waals surface area contributed by atoms with Crippen molar-refractivity contribution < 1.29 is 9.13 Å². The Morgan fingerprint density at radius 1 is 0.512 bits per heavy atom. The standard InChI is InChI=1S/C35H29N2O2P2/c1-36-28-16-8-10-18-32(28)40(38)33-22-26-14-6-4-12-24(26)20-30(33)37(2)29-17-9-11-19-34(29)41(3,39)35-23-27-15-7-5-13-25(27)21-31(35)36/h4-23H,1-3H3/q+1. The van der Waals surface area contributed by atoms with Gasteiger partial charge in [-0.2, -0.15) is 0 Å². The van der Waals surface area contributed by atoms with Crippen LogP contribution in [0.25, 0.3) is 21.5 Å². The molecule has 0 aliphatic carbocycles. The monoisotopic (exact) mass is 571 g/mol. The number of rotatable bonds is 0. The summed E-state index contributed by atoms with van der Waals surface area (Å²) >= 11 is 0. The zero-order valence-electron chi connectivity index (χ0n) is 23.2. The molecule has 6 aromatic carbocycles. The molecule has 2 unspecified atom stereocenters. The van der Waals surface area contributed by atoms with E-state index in [0.29, 0.717) is 0 Å². The van der Waals surface area contributed by atoms with E-state index in [2.05, 4.69) is 58.3 Å². The molecule has 0 saturated heterocycles. The van der Waals surface area contributed by atoms with E-state index < -0.39 is 14.9 Å². The molecule has 7 rings (SSSR count). The molecule has 4 nitrogen and oxygen atoms in total. The lowest BCUT2D eigenvalue weighted by molar-refractivity contribution is 0.590. The van der Waals surface area contributed by atoms with Gasteiger partial charge in [0.15, 0.2) is 0 Å². The van der Waals surface area contributed by atoms with Gasteiger partial charge in [-0.15, -0.1) is 0 Å². The van der Waals surface area contributed by atoms with Gasteiger partial charge >= 0.3 is 7.80 Å². The molecule has 2 atom stereocenters. The molecule has 200 valence electrons. The van der Waals surface area contributed by atoms with Crippen LogP contribution in [0.1, 0.15) is 0 Å². The summed E-state index contributed by atoms with van der Waals surface area (Å²) in [6, 6.07) is 40.5. The van der Waals surface area contributed by atoms with Crippen molar-refractivity contribution in [3.05, 3.63) is 121 Å². The molecule has 1 aliphatic rings. The fraction of sp³-hybridized carbons (Fsp3) is 0.0857. The summed E-state index contributed by atoms with van der Waals surface area (Å²) in [6.45, 7) is 1.88. The number of nitrogens with zero attached hydrogens (tertiary/aromatic N) is 2. The van der Waals surface area contributed by atoms with Crippen molar-refractivity contribution in [3.8, 4) is 0 Å². The van der Waals surface area contributed by atoms with Gasteiger partial charge in [0.25, 0.3) is 0 Å². The lowest BCUT2D eigenvalue weighted by Crippen LogP contribution is -2.30. The lowest BCUT2D eigenvalue weighted by Gasteiger charge is -2.30. The maximum absolute atomic E-state index is 15.2. The minimum absolute atomic E-state index is 0.744. The van der Waals surface area contributed by atoms with Crippen LogP contribution in [-0.2, 0) is 9.13 Å². The van der Waals surface area contributed by atoms with E-state index in [1.165, 1.54) is 0 Å². The SMILES string of the molecule is CN1c2cc3ccccc3cc2[P+](=O)c2ccccc2N(C)c2cc3ccccc3cc2P(C)(=O)c2ccccc21. The van der Waals surface area contributed by atoms with Crippen LogP contribution in [0.5, 0.6) is 0 Å². The Bertz CT molecular complexity index is 2070. The Balaban J connectivity index is 1.62. The molecule has 6 heteroatoms. The minimum atomic E-state index is -3.14. The van der Waals surface area contributed by atoms with Crippen LogP contribution in [0, 0.1) is 0 Å². The molecule has 0 spiro atoms. The molecule has 0 amide bonds. The van der Waals surface area contributed by atoms with Gasteiger partial charge in [-0.25, -0.2) is 0 Å². The Morgan fingerprint density at radius 3 is 1.68 bits per heavy atom. The molecule has 6 aromatic rings. The molecule has 1 aliphatic heterocycles. The number of benzene rings is 6. The van der Waals surface area contributed by atoms with Crippen molar-refractivity contribution in [1.82, 2.24) is 0 Å². The minimum Gasteiger partial charge on any atom is -0.340 e. The number of para-hydroxylation sites is 2. The van der Waals surface area contributed by atoms with Crippen LogP contribution in [0.4, 0.5) is 22.7 Å². The third-order valence-corrected chi connectivity index (χ3v) is 12.4. The number of anilines is 4. The predicted molar refractivity (Wildman–Crippen MR) is 177 cm³/mol. The van der Waals surface area contributed by atoms with Gasteiger partial charge in [-0.05, 0) is 70.7 Å². The number of fused-ring (bicyclic) bond motifs is 6. The van der Waals surface area contributed by atoms with Gasteiger partial charge in [0.1, 0.15) is 7.14 Å². The van der Waals surface area contributed by atoms with Gasteiger partial charge in [0.05, 0.1) is 22.7 Å². The number of hydrogen-bond acceptors (Lipinski definition) is 4. The van der Waals surface area contributed by atoms with Crippen LogP contribution in [0.15, 0.2) is 121 Å². The first-order valence-corrected chi connectivity index (χ1v) is 17.0. The lowest BCUT2D eigenvalue weighted by atomic mass is 10.1. The van der Waals surface area contributed by atoms with Crippen molar-refractivity contribution in [3.63, 3.8) is 0 Å². The topological polar surface area (TPSA) is 40.6 Å². The fourth-order valence-electron chi connectivity index (χ4n) is 6.02. The highest BCUT2D eigenvalue weighted by molar-refractivity contribution is 7.78. The molecule has 41 heavy (non-hydrogen) atoms.